The van der Waals surface area contributed by atoms with E-state index < -0.39 is 0 Å². The van der Waals surface area contributed by atoms with Crippen molar-refractivity contribution in [3.8, 4) is 0 Å². The summed E-state index contributed by atoms with van der Waals surface area (Å²) in [4.78, 5) is 0. The van der Waals surface area contributed by atoms with Gasteiger partial charge < -0.3 is 5.32 Å². The van der Waals surface area contributed by atoms with Gasteiger partial charge in [0.15, 0.2) is 0 Å². The molecular weight excluding hydrogens is 222 g/mol. The summed E-state index contributed by atoms with van der Waals surface area (Å²) in [6, 6.07) is 11.3. The number of aromatic nitrogens is 2. The van der Waals surface area contributed by atoms with Crippen molar-refractivity contribution in [1.29, 1.82) is 0 Å². The monoisotopic (exact) mass is 243 g/mol. The van der Waals surface area contributed by atoms with Crippen molar-refractivity contribution >= 4 is 0 Å². The molecule has 96 valence electrons. The van der Waals surface area contributed by atoms with Gasteiger partial charge in [-0.2, -0.15) is 5.10 Å². The van der Waals surface area contributed by atoms with Gasteiger partial charge in [-0.25, -0.2) is 0 Å². The van der Waals surface area contributed by atoms with Crippen molar-refractivity contribution in [2.75, 3.05) is 0 Å². The zero-order chi connectivity index (χ0) is 13.0. The van der Waals surface area contributed by atoms with Gasteiger partial charge in [0, 0.05) is 30.9 Å². The molecule has 0 amide bonds. The van der Waals surface area contributed by atoms with E-state index in [1.807, 2.05) is 17.9 Å². The van der Waals surface area contributed by atoms with Crippen molar-refractivity contribution in [2.45, 2.75) is 32.4 Å². The van der Waals surface area contributed by atoms with Crippen LogP contribution in [0.15, 0.2) is 42.7 Å². The summed E-state index contributed by atoms with van der Waals surface area (Å²) in [5.41, 5.74) is 2.57. The molecule has 18 heavy (non-hydrogen) atoms. The van der Waals surface area contributed by atoms with E-state index in [1.54, 1.807) is 0 Å². The van der Waals surface area contributed by atoms with Gasteiger partial charge in [0.05, 0.1) is 6.20 Å². The maximum absolute atomic E-state index is 4.22. The third-order valence-corrected chi connectivity index (χ3v) is 3.29. The molecule has 1 N–H and O–H groups in total. The fourth-order valence-electron chi connectivity index (χ4n) is 2.20. The minimum Gasteiger partial charge on any atom is -0.303 e. The number of aryl methyl sites for hydroxylation is 1. The van der Waals surface area contributed by atoms with Gasteiger partial charge in [0.1, 0.15) is 0 Å². The Morgan fingerprint density at radius 3 is 2.50 bits per heavy atom. The lowest BCUT2D eigenvalue weighted by molar-refractivity contribution is 0.456. The Hall–Kier alpha value is -1.61. The van der Waals surface area contributed by atoms with Crippen LogP contribution in [0.1, 0.15) is 43.5 Å². The second kappa shape index (κ2) is 5.83. The molecule has 0 spiro atoms. The molecular formula is C15H21N3. The molecule has 2 rings (SSSR count). The van der Waals surface area contributed by atoms with Crippen LogP contribution in [-0.2, 0) is 7.05 Å². The minimum absolute atomic E-state index is 0.309. The second-order valence-electron chi connectivity index (χ2n) is 4.71. The third-order valence-electron chi connectivity index (χ3n) is 3.29. The Morgan fingerprint density at radius 2 is 1.94 bits per heavy atom. The van der Waals surface area contributed by atoms with Crippen molar-refractivity contribution in [2.24, 2.45) is 7.05 Å². The van der Waals surface area contributed by atoms with Gasteiger partial charge in [-0.3, -0.25) is 4.68 Å². The number of nitrogens with one attached hydrogen (secondary N) is 1. The van der Waals surface area contributed by atoms with Crippen molar-refractivity contribution in [1.82, 2.24) is 15.1 Å². The first-order valence-electron chi connectivity index (χ1n) is 6.50. The van der Waals surface area contributed by atoms with Crippen LogP contribution < -0.4 is 5.32 Å². The first kappa shape index (κ1) is 12.8. The highest BCUT2D eigenvalue weighted by Crippen LogP contribution is 2.21. The fourth-order valence-corrected chi connectivity index (χ4v) is 2.20. The van der Waals surface area contributed by atoms with Crippen LogP contribution in [0.4, 0.5) is 0 Å². The highest BCUT2D eigenvalue weighted by molar-refractivity contribution is 5.20. The third kappa shape index (κ3) is 2.99. The summed E-state index contributed by atoms with van der Waals surface area (Å²) in [6.07, 6.45) is 5.07. The van der Waals surface area contributed by atoms with E-state index in [9.17, 15) is 0 Å². The molecule has 0 radical (unpaired) electrons. The van der Waals surface area contributed by atoms with Crippen LogP contribution in [-0.4, -0.2) is 9.78 Å². The van der Waals surface area contributed by atoms with Gasteiger partial charge in [-0.05, 0) is 18.9 Å². The second-order valence-corrected chi connectivity index (χ2v) is 4.71. The van der Waals surface area contributed by atoms with Gasteiger partial charge in [-0.15, -0.1) is 0 Å². The molecule has 1 aromatic heterocycles. The lowest BCUT2D eigenvalue weighted by Crippen LogP contribution is -2.24. The van der Waals surface area contributed by atoms with E-state index in [0.29, 0.717) is 12.1 Å². The van der Waals surface area contributed by atoms with E-state index in [4.69, 9.17) is 0 Å². The smallest absolute Gasteiger partial charge is 0.0537 e. The molecule has 3 nitrogen and oxygen atoms in total. The summed E-state index contributed by atoms with van der Waals surface area (Å²) in [7, 11) is 1.95. The van der Waals surface area contributed by atoms with Gasteiger partial charge >= 0.3 is 0 Å². The lowest BCUT2D eigenvalue weighted by Gasteiger charge is -2.22. The predicted octanol–water partition coefficient (Wildman–Crippen LogP) is 3.22. The Balaban J connectivity index is 2.07. The topological polar surface area (TPSA) is 29.9 Å². The number of hydrogen-bond donors (Lipinski definition) is 1. The molecule has 1 aromatic carbocycles. The first-order chi connectivity index (χ1) is 8.70. The summed E-state index contributed by atoms with van der Waals surface area (Å²) in [5, 5.41) is 7.88. The Bertz CT molecular complexity index is 475. The van der Waals surface area contributed by atoms with Crippen LogP contribution in [0.25, 0.3) is 0 Å². The van der Waals surface area contributed by atoms with Crippen LogP contribution in [0.2, 0.25) is 0 Å². The highest BCUT2D eigenvalue weighted by atomic mass is 15.2. The van der Waals surface area contributed by atoms with E-state index in [1.165, 1.54) is 11.1 Å². The molecule has 0 aliphatic heterocycles. The fraction of sp³-hybridized carbons (Fsp3) is 0.400. The van der Waals surface area contributed by atoms with Crippen molar-refractivity contribution in [3.63, 3.8) is 0 Å². The van der Waals surface area contributed by atoms with E-state index in [0.717, 1.165) is 6.42 Å². The van der Waals surface area contributed by atoms with Gasteiger partial charge in [-0.1, -0.05) is 37.3 Å². The molecule has 0 aliphatic rings. The first-order valence-corrected chi connectivity index (χ1v) is 6.50. The summed E-state index contributed by atoms with van der Waals surface area (Å²) in [5.74, 6) is 0. The number of hydrogen-bond acceptors (Lipinski definition) is 2. The molecule has 0 aliphatic carbocycles. The number of rotatable bonds is 5. The maximum atomic E-state index is 4.22. The minimum atomic E-state index is 0.309. The van der Waals surface area contributed by atoms with Gasteiger partial charge in [0.25, 0.3) is 0 Å². The molecule has 3 heteroatoms. The highest BCUT2D eigenvalue weighted by Gasteiger charge is 2.14. The Labute approximate surface area is 109 Å². The molecule has 0 fully saturated rings. The quantitative estimate of drug-likeness (QED) is 0.873. The number of nitrogens with zero attached hydrogens (tertiary/aromatic N) is 2. The summed E-state index contributed by atoms with van der Waals surface area (Å²) >= 11 is 0. The van der Waals surface area contributed by atoms with E-state index >= 15 is 0 Å². The van der Waals surface area contributed by atoms with Crippen LogP contribution in [0, 0.1) is 0 Å². The Morgan fingerprint density at radius 1 is 1.22 bits per heavy atom. The molecule has 0 saturated carbocycles. The molecule has 0 bridgehead atoms. The standard InChI is InChI=1S/C15H21N3/c1-4-15(13-8-6-5-7-9-13)17-12(2)14-10-16-18(3)11-14/h5-12,15,17H,4H2,1-3H3. The molecule has 1 heterocycles. The number of benzene rings is 1. The van der Waals surface area contributed by atoms with E-state index in [-0.39, 0.29) is 0 Å². The SMILES string of the molecule is CCC(NC(C)c1cnn(C)c1)c1ccccc1. The predicted molar refractivity (Wildman–Crippen MR) is 74.2 cm³/mol. The molecule has 2 aromatic rings. The largest absolute Gasteiger partial charge is 0.303 e. The zero-order valence-electron chi connectivity index (χ0n) is 11.3. The lowest BCUT2D eigenvalue weighted by atomic mass is 10.0. The molecule has 2 unspecified atom stereocenters. The maximum Gasteiger partial charge on any atom is 0.0537 e. The molecule has 2 atom stereocenters. The Kier molecular flexibility index (Phi) is 4.15. The average Bonchev–Trinajstić information content (AvgIpc) is 2.83. The van der Waals surface area contributed by atoms with Crippen molar-refractivity contribution < 1.29 is 0 Å². The normalized spacial score (nSPS) is 14.4. The molecule has 0 saturated heterocycles. The average molecular weight is 243 g/mol. The zero-order valence-corrected chi connectivity index (χ0v) is 11.3. The van der Waals surface area contributed by atoms with Crippen LogP contribution in [0.5, 0.6) is 0 Å². The van der Waals surface area contributed by atoms with Crippen LogP contribution in [0.3, 0.4) is 0 Å². The van der Waals surface area contributed by atoms with Gasteiger partial charge in [0.2, 0.25) is 0 Å². The van der Waals surface area contributed by atoms with Crippen LogP contribution >= 0.6 is 0 Å². The van der Waals surface area contributed by atoms with Crippen molar-refractivity contribution in [3.05, 3.63) is 53.9 Å². The summed E-state index contributed by atoms with van der Waals surface area (Å²) < 4.78 is 1.84. The van der Waals surface area contributed by atoms with E-state index in [2.05, 4.69) is 60.8 Å². The summed E-state index contributed by atoms with van der Waals surface area (Å²) in [6.45, 7) is 4.39.